The Kier molecular flexibility index (Phi) is 9.83. The first-order valence-electron chi connectivity index (χ1n) is 14.9. The molecule has 7 heterocycles. The summed E-state index contributed by atoms with van der Waals surface area (Å²) in [6, 6.07) is 10.8. The van der Waals surface area contributed by atoms with Crippen LogP contribution < -0.4 is 10.6 Å². The number of nitrogens with two attached hydrogens (primary N) is 1. The van der Waals surface area contributed by atoms with Crippen molar-refractivity contribution in [2.45, 2.75) is 43.9 Å². The Morgan fingerprint density at radius 2 is 2.07 bits per heavy atom. The summed E-state index contributed by atoms with van der Waals surface area (Å²) in [6.45, 7) is 4.68. The van der Waals surface area contributed by atoms with Crippen LogP contribution in [-0.2, 0) is 4.74 Å². The number of rotatable bonds is 0. The van der Waals surface area contributed by atoms with Crippen molar-refractivity contribution in [2.24, 2.45) is 5.92 Å². The van der Waals surface area contributed by atoms with E-state index >= 15 is 4.39 Å². The SMILES string of the molecule is C[C@@H]1[C@H](F)C[C-]2CCCN21.Nc1cc2c3c(c(Cl)ccc3c1)C#[N+][C@H](Cl)[C@@H]1COCCN(C1)c1nc(O)nc3c(F)c-2ncc13.[U]. The number of benzene rings is 2. The zero-order chi connectivity index (χ0) is 31.4. The largest absolute Gasteiger partial charge is 0.479 e. The number of nitrogen functional groups attached to an aromatic ring is 1. The predicted molar refractivity (Wildman–Crippen MR) is 172 cm³/mol. The fourth-order valence-electron chi connectivity index (χ4n) is 6.70. The molecule has 14 heteroatoms. The molecule has 0 aliphatic carbocycles. The smallest absolute Gasteiger partial charge is 0.352 e. The van der Waals surface area contributed by atoms with Gasteiger partial charge in [-0.3, -0.25) is 4.98 Å². The molecule has 0 spiro atoms. The number of aromatic hydroxyl groups is 1. The third-order valence-corrected chi connectivity index (χ3v) is 9.76. The molecule has 6 bridgehead atoms. The number of hydrogen-bond acceptors (Lipinski definition) is 8. The fraction of sp³-hybridized carbons (Fsp3) is 0.406. The Morgan fingerprint density at radius 3 is 2.87 bits per heavy atom. The predicted octanol–water partition coefficient (Wildman–Crippen LogP) is 6.38. The van der Waals surface area contributed by atoms with Gasteiger partial charge in [0.1, 0.15) is 22.6 Å². The molecule has 3 N–H and O–H groups in total. The quantitative estimate of drug-likeness (QED) is 0.0908. The molecule has 238 valence electrons. The molecule has 5 aliphatic rings. The first kappa shape index (κ1) is 33.4. The van der Waals surface area contributed by atoms with Crippen LogP contribution in [0.2, 0.25) is 5.02 Å². The van der Waals surface area contributed by atoms with Crippen LogP contribution in [0.1, 0.15) is 31.7 Å². The molecule has 46 heavy (non-hydrogen) atoms. The second-order valence-corrected chi connectivity index (χ2v) is 12.7. The average Bonchev–Trinajstić information content (AvgIpc) is 3.47. The van der Waals surface area contributed by atoms with Gasteiger partial charge >= 0.3 is 17.6 Å². The summed E-state index contributed by atoms with van der Waals surface area (Å²) in [5.74, 6) is -0.621. The van der Waals surface area contributed by atoms with Gasteiger partial charge < -0.3 is 25.4 Å². The first-order chi connectivity index (χ1) is 21.7. The molecule has 3 fully saturated rings. The maximum Gasteiger partial charge on any atom is 0.352 e. The number of nitrogens with zero attached hydrogens (tertiary/aromatic N) is 6. The number of anilines is 2. The van der Waals surface area contributed by atoms with Crippen LogP contribution in [0.4, 0.5) is 20.3 Å². The normalized spacial score (nSPS) is 24.1. The summed E-state index contributed by atoms with van der Waals surface area (Å²) in [6.07, 6.45) is 4.01. The second kappa shape index (κ2) is 13.5. The average molecular weight is 893 g/mol. The number of alkyl halides is 2. The van der Waals surface area contributed by atoms with Gasteiger partial charge in [0.05, 0.1) is 35.7 Å². The molecular formula is C32H31Cl2F2N7O2U. The molecule has 3 saturated heterocycles. The van der Waals surface area contributed by atoms with Crippen LogP contribution in [0.3, 0.4) is 0 Å². The molecule has 2 aromatic heterocycles. The third kappa shape index (κ3) is 6.11. The maximum atomic E-state index is 16.1. The zero-order valence-corrected chi connectivity index (χ0v) is 30.7. The van der Waals surface area contributed by atoms with Crippen molar-refractivity contribution in [3.63, 3.8) is 0 Å². The van der Waals surface area contributed by atoms with Gasteiger partial charge in [0.25, 0.3) is 0 Å². The van der Waals surface area contributed by atoms with Gasteiger partial charge in [0, 0.05) is 73.1 Å². The Morgan fingerprint density at radius 1 is 1.24 bits per heavy atom. The van der Waals surface area contributed by atoms with E-state index in [-0.39, 0.29) is 54.3 Å². The maximum absolute atomic E-state index is 16.1. The molecule has 0 radical (unpaired) electrons. The van der Waals surface area contributed by atoms with Gasteiger partial charge in [0.15, 0.2) is 5.82 Å². The van der Waals surface area contributed by atoms with Crippen molar-refractivity contribution in [1.29, 1.82) is 0 Å². The minimum atomic E-state index is -0.717. The molecule has 9 rings (SSSR count). The fourth-order valence-corrected chi connectivity index (χ4v) is 7.10. The summed E-state index contributed by atoms with van der Waals surface area (Å²) >= 11 is 13.3. The molecule has 9 nitrogen and oxygen atoms in total. The van der Waals surface area contributed by atoms with E-state index in [1.807, 2.05) is 11.8 Å². The molecule has 4 aromatic rings. The van der Waals surface area contributed by atoms with Crippen molar-refractivity contribution in [3.05, 3.63) is 57.8 Å². The van der Waals surface area contributed by atoms with Gasteiger partial charge in [-0.15, -0.1) is 6.42 Å². The molecular weight excluding hydrogens is 861 g/mol. The topological polar surface area (TPSA) is 105 Å². The van der Waals surface area contributed by atoms with Gasteiger partial charge in [-0.1, -0.05) is 28.9 Å². The minimum absolute atomic E-state index is 0. The summed E-state index contributed by atoms with van der Waals surface area (Å²) < 4.78 is 34.8. The summed E-state index contributed by atoms with van der Waals surface area (Å²) in [7, 11) is 0. The van der Waals surface area contributed by atoms with E-state index in [1.54, 1.807) is 24.3 Å². The van der Waals surface area contributed by atoms with Crippen LogP contribution in [-0.4, -0.2) is 75.5 Å². The van der Waals surface area contributed by atoms with Crippen molar-refractivity contribution < 1.29 is 49.7 Å². The molecule has 0 saturated carbocycles. The summed E-state index contributed by atoms with van der Waals surface area (Å²) in [5, 5.41) is 12.3. The van der Waals surface area contributed by atoms with E-state index < -0.39 is 23.5 Å². The van der Waals surface area contributed by atoms with Crippen LogP contribution in [0.25, 0.3) is 37.8 Å². The summed E-state index contributed by atoms with van der Waals surface area (Å²) in [4.78, 5) is 21.3. The zero-order valence-electron chi connectivity index (χ0n) is 25.0. The van der Waals surface area contributed by atoms with Crippen LogP contribution in [0, 0.1) is 55.0 Å². The van der Waals surface area contributed by atoms with Gasteiger partial charge in [-0.25, -0.2) is 14.8 Å². The van der Waals surface area contributed by atoms with Gasteiger partial charge in [0.2, 0.25) is 0 Å². The van der Waals surface area contributed by atoms with Crippen LogP contribution >= 0.6 is 23.2 Å². The van der Waals surface area contributed by atoms with Crippen molar-refractivity contribution in [3.8, 4) is 23.3 Å². The Hall–Kier alpha value is -2.51. The molecule has 4 atom stereocenters. The molecule has 0 amide bonds. The first-order valence-corrected chi connectivity index (χ1v) is 15.8. The third-order valence-electron chi connectivity index (χ3n) is 8.99. The Bertz CT molecular complexity index is 1870. The van der Waals surface area contributed by atoms with Gasteiger partial charge in [-0.2, -0.15) is 16.4 Å². The Labute approximate surface area is 298 Å². The molecule has 2 aromatic carbocycles. The van der Waals surface area contributed by atoms with Crippen molar-refractivity contribution in [1.82, 2.24) is 19.9 Å². The standard InChI is InChI=1S/C24H17Cl2FN6O2.C8H13FN.U/c25-17-2-1-11-5-13(28)6-14-18(11)15(17)7-30-22(26)12-9-33(3-4-35-10-12)23-16-8-29-20(14)19(27)21(16)31-24(34)32-23;1-6-8(9)5-7-3-2-4-10(6)7;/h1-2,5-6,8,12,22H,3-4,9-10,28H2;6,8H,2-5H2,1H3;/q;-1;/p+1/t12-,22-;6-,8-;/m01./s1. The summed E-state index contributed by atoms with van der Waals surface area (Å²) in [5.41, 5.74) is 6.66. The number of ether oxygens (including phenoxy) is 1. The number of hydrogen-bond donors (Lipinski definition) is 2. The second-order valence-electron chi connectivity index (χ2n) is 11.8. The van der Waals surface area contributed by atoms with Crippen molar-refractivity contribution in [2.75, 3.05) is 43.5 Å². The van der Waals surface area contributed by atoms with Crippen LogP contribution in [0.15, 0.2) is 30.5 Å². The number of pyridine rings is 1. The minimum Gasteiger partial charge on any atom is -0.479 e. The molecule has 5 aliphatic heterocycles. The van der Waals surface area contributed by atoms with E-state index in [2.05, 4.69) is 30.8 Å². The molecule has 0 unspecified atom stereocenters. The van der Waals surface area contributed by atoms with E-state index in [0.717, 1.165) is 13.0 Å². The van der Waals surface area contributed by atoms with E-state index in [4.69, 9.17) is 33.7 Å². The number of aromatic nitrogens is 3. The van der Waals surface area contributed by atoms with Crippen molar-refractivity contribution >= 4 is 56.4 Å². The Balaban J connectivity index is 0.000000287. The van der Waals surface area contributed by atoms with E-state index in [0.29, 0.717) is 76.5 Å². The van der Waals surface area contributed by atoms with Crippen LogP contribution in [0.5, 0.6) is 6.01 Å². The van der Waals surface area contributed by atoms with E-state index in [9.17, 15) is 9.50 Å². The monoisotopic (exact) mass is 891 g/mol. The van der Waals surface area contributed by atoms with Gasteiger partial charge in [-0.05, 0) is 48.7 Å². The number of halogens is 4. The number of fused-ring (bicyclic) bond motifs is 3. The van der Waals surface area contributed by atoms with E-state index in [1.165, 1.54) is 18.7 Å².